The van der Waals surface area contributed by atoms with Crippen molar-refractivity contribution < 1.29 is 0 Å². The maximum Gasteiger partial charge on any atom is 0.191 e. The molecule has 0 N–H and O–H groups in total. The molecular formula is C18H21N3S2. The van der Waals surface area contributed by atoms with Crippen LogP contribution in [0.1, 0.15) is 29.9 Å². The molecule has 23 heavy (non-hydrogen) atoms. The summed E-state index contributed by atoms with van der Waals surface area (Å²) in [5.74, 6) is 1.91. The third kappa shape index (κ3) is 3.51. The van der Waals surface area contributed by atoms with Gasteiger partial charge < -0.3 is 4.57 Å². The summed E-state index contributed by atoms with van der Waals surface area (Å²) in [4.78, 5) is 1.39. The van der Waals surface area contributed by atoms with Crippen molar-refractivity contribution in [3.63, 3.8) is 0 Å². The Morgan fingerprint density at radius 2 is 2.00 bits per heavy atom. The standard InChI is InChI=1S/C18H21N3S2/c1-4-16-10-15(12-22-16)17-19-20-18(21(17)5-2)23-11-14-9-7-6-8-13(14)3/h6-10,12H,4-5,11H2,1-3H3. The fourth-order valence-corrected chi connectivity index (χ4v) is 4.38. The lowest BCUT2D eigenvalue weighted by Crippen LogP contribution is -1.99. The minimum atomic E-state index is 0.885. The van der Waals surface area contributed by atoms with Crippen molar-refractivity contribution in [3.8, 4) is 11.4 Å². The molecule has 0 saturated carbocycles. The van der Waals surface area contributed by atoms with Gasteiger partial charge in [0, 0.05) is 28.1 Å². The quantitative estimate of drug-likeness (QED) is 0.577. The third-order valence-corrected chi connectivity index (χ3v) is 6.01. The van der Waals surface area contributed by atoms with Crippen LogP contribution in [0.15, 0.2) is 40.9 Å². The summed E-state index contributed by atoms with van der Waals surface area (Å²) in [6.45, 7) is 7.38. The first-order chi connectivity index (χ1) is 11.2. The van der Waals surface area contributed by atoms with E-state index in [0.717, 1.165) is 29.7 Å². The number of aromatic nitrogens is 3. The monoisotopic (exact) mass is 343 g/mol. The van der Waals surface area contributed by atoms with E-state index in [9.17, 15) is 0 Å². The number of thiophene rings is 1. The van der Waals surface area contributed by atoms with Gasteiger partial charge in [-0.25, -0.2) is 0 Å². The van der Waals surface area contributed by atoms with Crippen LogP contribution >= 0.6 is 23.1 Å². The molecule has 2 heterocycles. The zero-order valence-electron chi connectivity index (χ0n) is 13.7. The zero-order chi connectivity index (χ0) is 16.2. The van der Waals surface area contributed by atoms with Crippen molar-refractivity contribution in [2.45, 2.75) is 44.6 Å². The topological polar surface area (TPSA) is 30.7 Å². The minimum absolute atomic E-state index is 0.885. The van der Waals surface area contributed by atoms with Crippen LogP contribution < -0.4 is 0 Å². The maximum absolute atomic E-state index is 4.44. The summed E-state index contributed by atoms with van der Waals surface area (Å²) < 4.78 is 2.21. The van der Waals surface area contributed by atoms with E-state index in [4.69, 9.17) is 0 Å². The van der Waals surface area contributed by atoms with Gasteiger partial charge in [0.2, 0.25) is 0 Å². The Morgan fingerprint density at radius 1 is 1.17 bits per heavy atom. The first-order valence-electron chi connectivity index (χ1n) is 7.91. The fraction of sp³-hybridized carbons (Fsp3) is 0.333. The van der Waals surface area contributed by atoms with E-state index in [1.54, 1.807) is 23.1 Å². The van der Waals surface area contributed by atoms with Gasteiger partial charge in [-0.3, -0.25) is 0 Å². The van der Waals surface area contributed by atoms with Gasteiger partial charge >= 0.3 is 0 Å². The van der Waals surface area contributed by atoms with Gasteiger partial charge in [-0.2, -0.15) is 0 Å². The van der Waals surface area contributed by atoms with Crippen LogP contribution in [0.2, 0.25) is 0 Å². The largest absolute Gasteiger partial charge is 0.302 e. The Balaban J connectivity index is 1.82. The molecule has 3 nitrogen and oxygen atoms in total. The molecule has 1 aromatic carbocycles. The highest BCUT2D eigenvalue weighted by Crippen LogP contribution is 2.29. The highest BCUT2D eigenvalue weighted by atomic mass is 32.2. The maximum atomic E-state index is 4.44. The molecule has 3 aromatic rings. The van der Waals surface area contributed by atoms with Gasteiger partial charge in [0.05, 0.1) is 0 Å². The van der Waals surface area contributed by atoms with Crippen LogP contribution in [0.3, 0.4) is 0 Å². The van der Waals surface area contributed by atoms with Crippen LogP contribution in [-0.4, -0.2) is 14.8 Å². The summed E-state index contributed by atoms with van der Waals surface area (Å²) in [6.07, 6.45) is 1.07. The molecule has 5 heteroatoms. The van der Waals surface area contributed by atoms with Crippen LogP contribution in [0.4, 0.5) is 0 Å². The third-order valence-electron chi connectivity index (χ3n) is 3.91. The van der Waals surface area contributed by atoms with E-state index in [1.165, 1.54) is 21.6 Å². The molecule has 0 amide bonds. The second-order valence-corrected chi connectivity index (χ2v) is 7.36. The summed E-state index contributed by atoms with van der Waals surface area (Å²) in [5.41, 5.74) is 3.87. The van der Waals surface area contributed by atoms with Crippen molar-refractivity contribution >= 4 is 23.1 Å². The number of hydrogen-bond acceptors (Lipinski definition) is 4. The zero-order valence-corrected chi connectivity index (χ0v) is 15.4. The summed E-state index contributed by atoms with van der Waals surface area (Å²) in [7, 11) is 0. The molecular weight excluding hydrogens is 322 g/mol. The lowest BCUT2D eigenvalue weighted by atomic mass is 10.1. The number of benzene rings is 1. The minimum Gasteiger partial charge on any atom is -0.302 e. The second-order valence-electron chi connectivity index (χ2n) is 5.42. The molecule has 0 aliphatic carbocycles. The lowest BCUT2D eigenvalue weighted by Gasteiger charge is -2.07. The number of thioether (sulfide) groups is 1. The Labute approximate surface area is 145 Å². The van der Waals surface area contributed by atoms with Gasteiger partial charge in [-0.05, 0) is 37.5 Å². The van der Waals surface area contributed by atoms with Crippen LogP contribution in [0.25, 0.3) is 11.4 Å². The van der Waals surface area contributed by atoms with Crippen molar-refractivity contribution in [3.05, 3.63) is 51.7 Å². The number of nitrogens with zero attached hydrogens (tertiary/aromatic N) is 3. The molecule has 0 aliphatic heterocycles. The van der Waals surface area contributed by atoms with Crippen LogP contribution in [0.5, 0.6) is 0 Å². The second kappa shape index (κ2) is 7.32. The Hall–Kier alpha value is -1.59. The molecule has 0 atom stereocenters. The number of hydrogen-bond donors (Lipinski definition) is 0. The van der Waals surface area contributed by atoms with Gasteiger partial charge in [0.25, 0.3) is 0 Å². The SMILES string of the molecule is CCc1cc(-c2nnc(SCc3ccccc3C)n2CC)cs1. The number of aryl methyl sites for hydroxylation is 2. The highest BCUT2D eigenvalue weighted by Gasteiger charge is 2.14. The van der Waals surface area contributed by atoms with E-state index in [-0.39, 0.29) is 0 Å². The summed E-state index contributed by atoms with van der Waals surface area (Å²) in [6, 6.07) is 10.7. The van der Waals surface area contributed by atoms with Gasteiger partial charge in [0.15, 0.2) is 11.0 Å². The van der Waals surface area contributed by atoms with Crippen LogP contribution in [0, 0.1) is 6.92 Å². The van der Waals surface area contributed by atoms with Crippen molar-refractivity contribution in [1.29, 1.82) is 0 Å². The van der Waals surface area contributed by atoms with E-state index >= 15 is 0 Å². The molecule has 0 aliphatic rings. The predicted octanol–water partition coefficient (Wildman–Crippen LogP) is 5.19. The van der Waals surface area contributed by atoms with Gasteiger partial charge in [0.1, 0.15) is 0 Å². The normalized spacial score (nSPS) is 11.1. The summed E-state index contributed by atoms with van der Waals surface area (Å²) >= 11 is 3.56. The Kier molecular flexibility index (Phi) is 5.18. The van der Waals surface area contributed by atoms with Crippen molar-refractivity contribution in [2.24, 2.45) is 0 Å². The molecule has 0 bridgehead atoms. The number of rotatable bonds is 6. The highest BCUT2D eigenvalue weighted by molar-refractivity contribution is 7.98. The first kappa shape index (κ1) is 16.3. The molecule has 2 aromatic heterocycles. The average molecular weight is 344 g/mol. The van der Waals surface area contributed by atoms with E-state index in [0.29, 0.717) is 0 Å². The molecule has 120 valence electrons. The van der Waals surface area contributed by atoms with Gasteiger partial charge in [-0.15, -0.1) is 21.5 Å². The molecule has 0 unspecified atom stereocenters. The predicted molar refractivity (Wildman–Crippen MR) is 99.1 cm³/mol. The van der Waals surface area contributed by atoms with Crippen molar-refractivity contribution in [1.82, 2.24) is 14.8 Å². The summed E-state index contributed by atoms with van der Waals surface area (Å²) in [5, 5.41) is 12.0. The first-order valence-corrected chi connectivity index (χ1v) is 9.77. The average Bonchev–Trinajstić information content (AvgIpc) is 3.20. The molecule has 3 rings (SSSR count). The van der Waals surface area contributed by atoms with E-state index in [1.807, 2.05) is 0 Å². The molecule has 0 saturated heterocycles. The smallest absolute Gasteiger partial charge is 0.191 e. The Morgan fingerprint density at radius 3 is 2.70 bits per heavy atom. The fourth-order valence-electron chi connectivity index (χ4n) is 2.49. The van der Waals surface area contributed by atoms with Crippen molar-refractivity contribution in [2.75, 3.05) is 0 Å². The lowest BCUT2D eigenvalue weighted by molar-refractivity contribution is 0.687. The van der Waals surface area contributed by atoms with Gasteiger partial charge in [-0.1, -0.05) is 43.0 Å². The molecule has 0 fully saturated rings. The molecule has 0 radical (unpaired) electrons. The Bertz CT molecular complexity index is 789. The van der Waals surface area contributed by atoms with E-state index < -0.39 is 0 Å². The van der Waals surface area contributed by atoms with E-state index in [2.05, 4.69) is 71.2 Å². The molecule has 0 spiro atoms. The van der Waals surface area contributed by atoms with Crippen LogP contribution in [-0.2, 0) is 18.7 Å².